The van der Waals surface area contributed by atoms with E-state index in [1.54, 1.807) is 0 Å². The van der Waals surface area contributed by atoms with Crippen LogP contribution in [0.25, 0.3) is 0 Å². The van der Waals surface area contributed by atoms with Crippen molar-refractivity contribution in [2.24, 2.45) is 0 Å². The molecule has 1 aromatic carbocycles. The Morgan fingerprint density at radius 2 is 1.83 bits per heavy atom. The Morgan fingerprint density at radius 3 is 2.33 bits per heavy atom. The molecule has 0 aliphatic carbocycles. The first-order valence-electron chi connectivity index (χ1n) is 6.99. The van der Waals surface area contributed by atoms with Crippen molar-refractivity contribution in [3.8, 4) is 0 Å². The zero-order valence-electron chi connectivity index (χ0n) is 12.3. The fourth-order valence-corrected chi connectivity index (χ4v) is 2.57. The van der Waals surface area contributed by atoms with Gasteiger partial charge in [0.1, 0.15) is 0 Å². The molecule has 18 heavy (non-hydrogen) atoms. The Labute approximate surface area is 112 Å². The average Bonchev–Trinajstić information content (AvgIpc) is 2.30. The van der Waals surface area contributed by atoms with E-state index in [-0.39, 0.29) is 0 Å². The number of benzene rings is 1. The maximum Gasteiger partial charge on any atom is 0.0142 e. The highest BCUT2D eigenvalue weighted by atomic mass is 14.9. The normalized spacial score (nSPS) is 12.4. The van der Waals surface area contributed by atoms with Crippen LogP contribution in [0.4, 0.5) is 0 Å². The number of hydrogen-bond donors (Lipinski definition) is 1. The highest BCUT2D eigenvalue weighted by Crippen LogP contribution is 2.19. The van der Waals surface area contributed by atoms with Crippen LogP contribution >= 0.6 is 0 Å². The standard InChI is InChI=1S/C17H27N/c1-6-8-16(18-9-7-2)12-17-14(4)10-13(3)11-15(17)5/h6,10-11,16,18H,1,7-9,12H2,2-5H3. The number of rotatable bonds is 7. The predicted octanol–water partition coefficient (Wildman–Crippen LogP) is 4.10. The van der Waals surface area contributed by atoms with Crippen LogP contribution in [-0.4, -0.2) is 12.6 Å². The fraction of sp³-hybridized carbons (Fsp3) is 0.529. The van der Waals surface area contributed by atoms with Gasteiger partial charge in [-0.3, -0.25) is 0 Å². The molecule has 0 fully saturated rings. The summed E-state index contributed by atoms with van der Waals surface area (Å²) in [5.41, 5.74) is 5.69. The van der Waals surface area contributed by atoms with Gasteiger partial charge in [0.15, 0.2) is 0 Å². The SMILES string of the molecule is C=CCC(Cc1c(C)cc(C)cc1C)NCCC. The van der Waals surface area contributed by atoms with E-state index in [9.17, 15) is 0 Å². The van der Waals surface area contributed by atoms with Crippen molar-refractivity contribution in [3.63, 3.8) is 0 Å². The Morgan fingerprint density at radius 1 is 1.22 bits per heavy atom. The van der Waals surface area contributed by atoms with E-state index in [0.717, 1.165) is 19.4 Å². The summed E-state index contributed by atoms with van der Waals surface area (Å²) in [5.74, 6) is 0. The Bertz CT molecular complexity index is 370. The van der Waals surface area contributed by atoms with E-state index in [0.29, 0.717) is 6.04 Å². The fourth-order valence-electron chi connectivity index (χ4n) is 2.57. The Kier molecular flexibility index (Phi) is 6.14. The van der Waals surface area contributed by atoms with Crippen LogP contribution < -0.4 is 5.32 Å². The lowest BCUT2D eigenvalue weighted by Crippen LogP contribution is -2.31. The van der Waals surface area contributed by atoms with Crippen LogP contribution in [0.5, 0.6) is 0 Å². The van der Waals surface area contributed by atoms with Gasteiger partial charge in [-0.2, -0.15) is 0 Å². The zero-order chi connectivity index (χ0) is 13.5. The van der Waals surface area contributed by atoms with Crippen LogP contribution in [0.2, 0.25) is 0 Å². The van der Waals surface area contributed by atoms with E-state index in [1.807, 2.05) is 6.08 Å². The molecule has 0 bridgehead atoms. The number of nitrogens with one attached hydrogen (secondary N) is 1. The summed E-state index contributed by atoms with van der Waals surface area (Å²) < 4.78 is 0. The predicted molar refractivity (Wildman–Crippen MR) is 81.3 cm³/mol. The average molecular weight is 245 g/mol. The molecule has 1 unspecified atom stereocenters. The summed E-state index contributed by atoms with van der Waals surface area (Å²) in [6, 6.07) is 5.09. The van der Waals surface area contributed by atoms with Gasteiger partial charge in [0.05, 0.1) is 0 Å². The smallest absolute Gasteiger partial charge is 0.0142 e. The number of hydrogen-bond acceptors (Lipinski definition) is 1. The second-order valence-corrected chi connectivity index (χ2v) is 5.26. The Balaban J connectivity index is 2.82. The third-order valence-corrected chi connectivity index (χ3v) is 3.43. The molecule has 0 radical (unpaired) electrons. The monoisotopic (exact) mass is 245 g/mol. The summed E-state index contributed by atoms with van der Waals surface area (Å²) in [5, 5.41) is 3.62. The van der Waals surface area contributed by atoms with Crippen LogP contribution in [-0.2, 0) is 6.42 Å². The van der Waals surface area contributed by atoms with Gasteiger partial charge in [-0.05, 0) is 63.3 Å². The lowest BCUT2D eigenvalue weighted by molar-refractivity contribution is 0.510. The van der Waals surface area contributed by atoms with Crippen molar-refractivity contribution in [1.82, 2.24) is 5.32 Å². The molecule has 1 rings (SSSR count). The summed E-state index contributed by atoms with van der Waals surface area (Å²) in [6.45, 7) is 13.8. The molecule has 0 aliphatic rings. The van der Waals surface area contributed by atoms with Crippen LogP contribution in [0, 0.1) is 20.8 Å². The van der Waals surface area contributed by atoms with E-state index in [4.69, 9.17) is 0 Å². The largest absolute Gasteiger partial charge is 0.313 e. The lowest BCUT2D eigenvalue weighted by atomic mass is 9.93. The molecule has 0 heterocycles. The zero-order valence-corrected chi connectivity index (χ0v) is 12.3. The summed E-state index contributed by atoms with van der Waals surface area (Å²) in [6.07, 6.45) is 5.34. The van der Waals surface area contributed by atoms with Crippen molar-refractivity contribution in [3.05, 3.63) is 47.0 Å². The molecule has 100 valence electrons. The molecule has 1 nitrogen and oxygen atoms in total. The topological polar surface area (TPSA) is 12.0 Å². The Hall–Kier alpha value is -1.08. The lowest BCUT2D eigenvalue weighted by Gasteiger charge is -2.20. The molecule has 1 atom stereocenters. The van der Waals surface area contributed by atoms with Gasteiger partial charge in [0.2, 0.25) is 0 Å². The first-order chi connectivity index (χ1) is 8.58. The quantitative estimate of drug-likeness (QED) is 0.713. The minimum atomic E-state index is 0.516. The van der Waals surface area contributed by atoms with Gasteiger partial charge in [-0.1, -0.05) is 30.7 Å². The molecule has 0 spiro atoms. The molecule has 1 aromatic rings. The minimum absolute atomic E-state index is 0.516. The highest BCUT2D eigenvalue weighted by molar-refractivity contribution is 5.38. The summed E-state index contributed by atoms with van der Waals surface area (Å²) in [7, 11) is 0. The second kappa shape index (κ2) is 7.38. The van der Waals surface area contributed by atoms with Gasteiger partial charge in [0.25, 0.3) is 0 Å². The van der Waals surface area contributed by atoms with E-state index in [1.165, 1.54) is 28.7 Å². The minimum Gasteiger partial charge on any atom is -0.313 e. The van der Waals surface area contributed by atoms with E-state index in [2.05, 4.69) is 51.7 Å². The van der Waals surface area contributed by atoms with Gasteiger partial charge >= 0.3 is 0 Å². The second-order valence-electron chi connectivity index (χ2n) is 5.26. The number of aryl methyl sites for hydroxylation is 3. The van der Waals surface area contributed by atoms with Gasteiger partial charge in [-0.25, -0.2) is 0 Å². The summed E-state index contributed by atoms with van der Waals surface area (Å²) >= 11 is 0. The molecule has 0 amide bonds. The maximum atomic E-state index is 3.87. The molecule has 1 N–H and O–H groups in total. The molecule has 0 aromatic heterocycles. The third kappa shape index (κ3) is 4.30. The molecule has 1 heteroatoms. The first-order valence-corrected chi connectivity index (χ1v) is 6.99. The summed E-state index contributed by atoms with van der Waals surface area (Å²) in [4.78, 5) is 0. The van der Waals surface area contributed by atoms with Crippen molar-refractivity contribution in [2.45, 2.75) is 53.0 Å². The molecule has 0 aliphatic heterocycles. The van der Waals surface area contributed by atoms with Crippen molar-refractivity contribution >= 4 is 0 Å². The maximum absolute atomic E-state index is 3.87. The van der Waals surface area contributed by atoms with E-state index < -0.39 is 0 Å². The van der Waals surface area contributed by atoms with E-state index >= 15 is 0 Å². The van der Waals surface area contributed by atoms with Crippen molar-refractivity contribution < 1.29 is 0 Å². The van der Waals surface area contributed by atoms with Crippen molar-refractivity contribution in [2.75, 3.05) is 6.54 Å². The van der Waals surface area contributed by atoms with Crippen LogP contribution in [0.15, 0.2) is 24.8 Å². The first kappa shape index (κ1) is 15.0. The van der Waals surface area contributed by atoms with Crippen LogP contribution in [0.1, 0.15) is 42.0 Å². The molecule has 0 saturated carbocycles. The molecule has 0 saturated heterocycles. The van der Waals surface area contributed by atoms with Gasteiger partial charge < -0.3 is 5.32 Å². The van der Waals surface area contributed by atoms with Gasteiger partial charge in [-0.15, -0.1) is 6.58 Å². The molecular formula is C17H27N. The van der Waals surface area contributed by atoms with Gasteiger partial charge in [0, 0.05) is 6.04 Å². The van der Waals surface area contributed by atoms with Crippen molar-refractivity contribution in [1.29, 1.82) is 0 Å². The third-order valence-electron chi connectivity index (χ3n) is 3.43. The highest BCUT2D eigenvalue weighted by Gasteiger charge is 2.11. The van der Waals surface area contributed by atoms with Crippen LogP contribution in [0.3, 0.4) is 0 Å². The molecular weight excluding hydrogens is 218 g/mol.